The van der Waals surface area contributed by atoms with Crippen molar-refractivity contribution in [1.82, 2.24) is 0 Å². The van der Waals surface area contributed by atoms with Crippen molar-refractivity contribution in [3.8, 4) is 0 Å². The molecule has 0 unspecified atom stereocenters. The molecule has 61 valence electrons. The van der Waals surface area contributed by atoms with Crippen molar-refractivity contribution in [3.05, 3.63) is 29.4 Å². The zero-order valence-electron chi connectivity index (χ0n) is 6.43. The molecule has 1 heterocycles. The molecular weight excluding hydrogens is 191 g/mol. The molecule has 2 aromatic rings. The van der Waals surface area contributed by atoms with Crippen LogP contribution in [0.2, 0.25) is 0 Å². The van der Waals surface area contributed by atoms with Gasteiger partial charge in [-0.05, 0) is 29.8 Å². The number of hydrogen-bond donors (Lipinski definition) is 0. The predicted octanol–water partition coefficient (Wildman–Crippen LogP) is 3.56. The first-order chi connectivity index (χ1) is 5.81. The van der Waals surface area contributed by atoms with Crippen molar-refractivity contribution < 1.29 is 4.39 Å². The molecule has 0 spiro atoms. The molecule has 0 aliphatic rings. The Balaban J connectivity index is 2.73. The van der Waals surface area contributed by atoms with E-state index in [1.165, 1.54) is 23.1 Å². The lowest BCUT2D eigenvalue weighted by Crippen LogP contribution is -1.77. The average Bonchev–Trinajstić information content (AvgIpc) is 2.49. The number of halogens is 1. The molecule has 0 aliphatic heterocycles. The lowest BCUT2D eigenvalue weighted by atomic mass is 10.2. The van der Waals surface area contributed by atoms with Crippen LogP contribution in [-0.2, 0) is 0 Å². The van der Waals surface area contributed by atoms with Crippen LogP contribution in [0.15, 0.2) is 23.1 Å². The smallest absolute Gasteiger partial charge is 0.137 e. The van der Waals surface area contributed by atoms with Crippen LogP contribution < -0.4 is 0 Å². The summed E-state index contributed by atoms with van der Waals surface area (Å²) >= 11 is 2.95. The van der Waals surface area contributed by atoms with E-state index in [1.807, 2.05) is 18.4 Å². The van der Waals surface area contributed by atoms with E-state index in [1.54, 1.807) is 6.07 Å². The van der Waals surface area contributed by atoms with Gasteiger partial charge in [-0.3, -0.25) is 0 Å². The number of rotatable bonds is 1. The monoisotopic (exact) mass is 197 g/mol. The van der Waals surface area contributed by atoms with Crippen LogP contribution in [0.3, 0.4) is 0 Å². The Morgan fingerprint density at radius 2 is 2.33 bits per heavy atom. The minimum Gasteiger partial charge on any atom is -0.206 e. The Hall–Kier alpha value is -0.540. The van der Waals surface area contributed by atoms with Gasteiger partial charge in [0.05, 0.1) is 0 Å². The standard InChI is InChI=1S/C9H6FS2/c1-11-9-5-8-6(2-3-12-8)4-7(9)10/h2,4-5H,1H3. The normalized spacial score (nSPS) is 10.8. The van der Waals surface area contributed by atoms with Crippen LogP contribution >= 0.6 is 23.1 Å². The molecule has 0 aliphatic carbocycles. The largest absolute Gasteiger partial charge is 0.206 e. The van der Waals surface area contributed by atoms with E-state index < -0.39 is 0 Å². The summed E-state index contributed by atoms with van der Waals surface area (Å²) in [4.78, 5) is 0.707. The Morgan fingerprint density at radius 1 is 1.50 bits per heavy atom. The molecule has 1 radical (unpaired) electrons. The van der Waals surface area contributed by atoms with E-state index in [-0.39, 0.29) is 5.82 Å². The van der Waals surface area contributed by atoms with Gasteiger partial charge in [0.2, 0.25) is 0 Å². The zero-order chi connectivity index (χ0) is 8.55. The first-order valence-corrected chi connectivity index (χ1v) is 5.48. The van der Waals surface area contributed by atoms with Gasteiger partial charge in [0.1, 0.15) is 5.82 Å². The molecule has 3 heteroatoms. The quantitative estimate of drug-likeness (QED) is 0.630. The van der Waals surface area contributed by atoms with Gasteiger partial charge in [-0.25, -0.2) is 4.39 Å². The van der Waals surface area contributed by atoms with E-state index in [0.717, 1.165) is 10.1 Å². The molecule has 12 heavy (non-hydrogen) atoms. The molecule has 1 aromatic carbocycles. The molecular formula is C9H6FS2. The first kappa shape index (κ1) is 8.08. The second kappa shape index (κ2) is 3.07. The summed E-state index contributed by atoms with van der Waals surface area (Å²) in [6, 6.07) is 5.25. The van der Waals surface area contributed by atoms with Crippen molar-refractivity contribution in [3.63, 3.8) is 0 Å². The third kappa shape index (κ3) is 1.23. The Bertz CT molecular complexity index is 406. The molecule has 0 bridgehead atoms. The number of thiophene rings is 1. The highest BCUT2D eigenvalue weighted by Crippen LogP contribution is 2.28. The zero-order valence-corrected chi connectivity index (χ0v) is 8.06. The van der Waals surface area contributed by atoms with Gasteiger partial charge < -0.3 is 0 Å². The number of fused-ring (bicyclic) bond motifs is 1. The highest BCUT2D eigenvalue weighted by Gasteiger charge is 2.03. The van der Waals surface area contributed by atoms with Crippen LogP contribution in [0.25, 0.3) is 10.1 Å². The lowest BCUT2D eigenvalue weighted by molar-refractivity contribution is 0.604. The fourth-order valence-corrected chi connectivity index (χ4v) is 2.35. The molecule has 0 amide bonds. The second-order valence-corrected chi connectivity index (χ2v) is 4.12. The summed E-state index contributed by atoms with van der Waals surface area (Å²) in [7, 11) is 0. The molecule has 0 fully saturated rings. The Labute approximate surface area is 78.4 Å². The van der Waals surface area contributed by atoms with E-state index in [2.05, 4.69) is 5.38 Å². The molecule has 1 aromatic heterocycles. The maximum Gasteiger partial charge on any atom is 0.137 e. The van der Waals surface area contributed by atoms with Gasteiger partial charge in [0, 0.05) is 15.0 Å². The number of thioether (sulfide) groups is 1. The van der Waals surface area contributed by atoms with Crippen molar-refractivity contribution in [1.29, 1.82) is 0 Å². The SMILES string of the molecule is CSc1cc2s[c]cc2cc1F. The van der Waals surface area contributed by atoms with E-state index in [9.17, 15) is 4.39 Å². The summed E-state index contributed by atoms with van der Waals surface area (Å²) in [6.07, 6.45) is 1.88. The molecule has 0 N–H and O–H groups in total. The van der Waals surface area contributed by atoms with Gasteiger partial charge in [0.25, 0.3) is 0 Å². The first-order valence-electron chi connectivity index (χ1n) is 3.44. The van der Waals surface area contributed by atoms with Crippen LogP contribution in [0.1, 0.15) is 0 Å². The summed E-state index contributed by atoms with van der Waals surface area (Å²) in [5.41, 5.74) is 0. The third-order valence-electron chi connectivity index (χ3n) is 1.67. The van der Waals surface area contributed by atoms with Crippen LogP contribution in [0, 0.1) is 11.2 Å². The van der Waals surface area contributed by atoms with Gasteiger partial charge in [-0.15, -0.1) is 23.1 Å². The van der Waals surface area contributed by atoms with Gasteiger partial charge >= 0.3 is 0 Å². The Kier molecular flexibility index (Phi) is 2.07. The molecule has 2 rings (SSSR count). The minimum atomic E-state index is -0.137. The van der Waals surface area contributed by atoms with Crippen molar-refractivity contribution in [2.75, 3.05) is 6.26 Å². The van der Waals surface area contributed by atoms with E-state index in [0.29, 0.717) is 4.90 Å². The topological polar surface area (TPSA) is 0 Å². The highest BCUT2D eigenvalue weighted by atomic mass is 32.2. The van der Waals surface area contributed by atoms with Gasteiger partial charge in [-0.1, -0.05) is 0 Å². The molecule has 0 saturated carbocycles. The fraction of sp³-hybridized carbons (Fsp3) is 0.111. The summed E-state index contributed by atoms with van der Waals surface area (Å²) in [5.74, 6) is -0.137. The maximum absolute atomic E-state index is 13.2. The van der Waals surface area contributed by atoms with Gasteiger partial charge in [0.15, 0.2) is 0 Å². The minimum absolute atomic E-state index is 0.137. The van der Waals surface area contributed by atoms with Crippen molar-refractivity contribution in [2.45, 2.75) is 4.90 Å². The molecule has 0 atom stereocenters. The highest BCUT2D eigenvalue weighted by molar-refractivity contribution is 7.98. The molecule has 0 saturated heterocycles. The van der Waals surface area contributed by atoms with E-state index >= 15 is 0 Å². The van der Waals surface area contributed by atoms with Gasteiger partial charge in [-0.2, -0.15) is 0 Å². The summed E-state index contributed by atoms with van der Waals surface area (Å²) in [6.45, 7) is 0. The van der Waals surface area contributed by atoms with Crippen LogP contribution in [-0.4, -0.2) is 6.26 Å². The van der Waals surface area contributed by atoms with Crippen molar-refractivity contribution in [2.24, 2.45) is 0 Å². The fourth-order valence-electron chi connectivity index (χ4n) is 1.06. The summed E-state index contributed by atoms with van der Waals surface area (Å²) < 4.78 is 14.3. The number of benzene rings is 1. The maximum atomic E-state index is 13.2. The van der Waals surface area contributed by atoms with Crippen molar-refractivity contribution >= 4 is 33.2 Å². The third-order valence-corrected chi connectivity index (χ3v) is 3.23. The van der Waals surface area contributed by atoms with E-state index in [4.69, 9.17) is 0 Å². The second-order valence-electron chi connectivity index (χ2n) is 2.39. The number of hydrogen-bond acceptors (Lipinski definition) is 2. The average molecular weight is 197 g/mol. The Morgan fingerprint density at radius 3 is 3.08 bits per heavy atom. The van der Waals surface area contributed by atoms with Crippen LogP contribution in [0.4, 0.5) is 4.39 Å². The molecule has 0 nitrogen and oxygen atoms in total. The lowest BCUT2D eigenvalue weighted by Gasteiger charge is -1.97. The van der Waals surface area contributed by atoms with Crippen LogP contribution in [0.5, 0.6) is 0 Å². The predicted molar refractivity (Wildman–Crippen MR) is 52.4 cm³/mol. The summed E-state index contributed by atoms with van der Waals surface area (Å²) in [5, 5.41) is 3.92.